The molecule has 2 aliphatic carbocycles. The number of nitrogens with one attached hydrogen (secondary N) is 3. The van der Waals surface area contributed by atoms with Crippen molar-refractivity contribution < 1.29 is 17.9 Å². The van der Waals surface area contributed by atoms with E-state index in [1.807, 2.05) is 49.6 Å². The van der Waals surface area contributed by atoms with Crippen molar-refractivity contribution in [2.24, 2.45) is 0 Å². The van der Waals surface area contributed by atoms with Crippen molar-refractivity contribution in [2.45, 2.75) is 83.8 Å². The topological polar surface area (TPSA) is 127 Å². The second-order valence-electron chi connectivity index (χ2n) is 12.5. The van der Waals surface area contributed by atoms with E-state index in [0.29, 0.717) is 11.4 Å². The van der Waals surface area contributed by atoms with E-state index in [1.54, 1.807) is 12.1 Å². The molecule has 2 aliphatic rings. The normalized spacial score (nSPS) is 19.1. The number of ether oxygens (including phenoxy) is 1. The third kappa shape index (κ3) is 6.78. The molecule has 2 aromatic heterocycles. The van der Waals surface area contributed by atoms with Gasteiger partial charge in [0.1, 0.15) is 17.7 Å². The number of aromatic nitrogens is 3. The Bertz CT molecular complexity index is 1670. The summed E-state index contributed by atoms with van der Waals surface area (Å²) in [5, 5.41) is 14.7. The minimum Gasteiger partial charge on any atom is -0.484 e. The SMILES string of the molecule is CC(C)c1nnc2ccc(O[C@H]3CC[C@H](NC(=O)Nc4cc(NS(C)(=O)=O)cc(C(C)(C)C)c4)C4=C3C=CCC4)cn12. The van der Waals surface area contributed by atoms with Crippen LogP contribution in [0.3, 0.4) is 0 Å². The van der Waals surface area contributed by atoms with E-state index in [0.717, 1.165) is 60.3 Å². The smallest absolute Gasteiger partial charge is 0.319 e. The van der Waals surface area contributed by atoms with Crippen LogP contribution in [-0.4, -0.2) is 47.4 Å². The number of amides is 2. The van der Waals surface area contributed by atoms with Crippen molar-refractivity contribution in [2.75, 3.05) is 16.3 Å². The van der Waals surface area contributed by atoms with Gasteiger partial charge in [-0.2, -0.15) is 0 Å². The summed E-state index contributed by atoms with van der Waals surface area (Å²) < 4.78 is 34.8. The Morgan fingerprint density at radius 1 is 1.10 bits per heavy atom. The van der Waals surface area contributed by atoms with Crippen LogP contribution in [0.15, 0.2) is 59.8 Å². The molecular weight excluding hydrogens is 552 g/mol. The van der Waals surface area contributed by atoms with Crippen LogP contribution in [0.25, 0.3) is 5.65 Å². The first-order valence-electron chi connectivity index (χ1n) is 14.4. The first kappa shape index (κ1) is 29.6. The number of urea groups is 1. The van der Waals surface area contributed by atoms with Crippen LogP contribution in [0.4, 0.5) is 16.2 Å². The molecule has 0 unspecified atom stereocenters. The number of hydrogen-bond donors (Lipinski definition) is 3. The number of anilines is 2. The molecule has 2 amide bonds. The van der Waals surface area contributed by atoms with Crippen LogP contribution in [0.2, 0.25) is 0 Å². The largest absolute Gasteiger partial charge is 0.484 e. The number of benzene rings is 1. The molecule has 0 aliphatic heterocycles. The Morgan fingerprint density at radius 2 is 1.86 bits per heavy atom. The predicted octanol–water partition coefficient (Wildman–Crippen LogP) is 5.90. The number of hydrogen-bond acceptors (Lipinski definition) is 6. The number of pyridine rings is 1. The molecule has 0 radical (unpaired) electrons. The zero-order valence-electron chi connectivity index (χ0n) is 25.1. The van der Waals surface area contributed by atoms with Gasteiger partial charge in [0, 0.05) is 11.6 Å². The average Bonchev–Trinajstić information content (AvgIpc) is 3.32. The second kappa shape index (κ2) is 11.4. The first-order valence-corrected chi connectivity index (χ1v) is 16.3. The van der Waals surface area contributed by atoms with Crippen molar-refractivity contribution in [3.63, 3.8) is 0 Å². The van der Waals surface area contributed by atoms with Gasteiger partial charge in [-0.25, -0.2) is 13.2 Å². The standard InChI is InChI=1S/C31H40N6O4S/c1-19(2)29-35-34-28-14-11-23(18-37(28)29)41-27-13-12-26(24-9-7-8-10-25(24)27)33-30(38)32-21-15-20(31(3,4)5)16-22(17-21)36-42(6,39)40/h8,10-11,14-19,26-27,36H,7,9,12-13H2,1-6H3,(H2,32,33,38)/t26-,27-/m0/s1. The molecule has 2 atom stereocenters. The van der Waals surface area contributed by atoms with E-state index in [9.17, 15) is 13.2 Å². The number of fused-ring (bicyclic) bond motifs is 1. The molecular formula is C31H40N6O4S. The molecule has 11 heteroatoms. The highest BCUT2D eigenvalue weighted by atomic mass is 32.2. The molecule has 42 heavy (non-hydrogen) atoms. The highest BCUT2D eigenvalue weighted by Gasteiger charge is 2.32. The third-order valence-corrected chi connectivity index (χ3v) is 8.20. The van der Waals surface area contributed by atoms with Crippen molar-refractivity contribution in [3.8, 4) is 5.75 Å². The Labute approximate surface area is 247 Å². The summed E-state index contributed by atoms with van der Waals surface area (Å²) in [6, 6.07) is 8.69. The fourth-order valence-corrected chi connectivity index (χ4v) is 6.11. The van der Waals surface area contributed by atoms with Crippen molar-refractivity contribution in [3.05, 3.63) is 71.2 Å². The first-order chi connectivity index (χ1) is 19.8. The summed E-state index contributed by atoms with van der Waals surface area (Å²) in [5.41, 5.74) is 4.66. The number of carbonyl (C=O) groups excluding carboxylic acids is 1. The Kier molecular flexibility index (Phi) is 8.06. The maximum absolute atomic E-state index is 13.2. The van der Waals surface area contributed by atoms with Crippen molar-refractivity contribution >= 4 is 33.1 Å². The Hall–Kier alpha value is -3.86. The van der Waals surface area contributed by atoms with E-state index in [2.05, 4.69) is 51.6 Å². The summed E-state index contributed by atoms with van der Waals surface area (Å²) in [5.74, 6) is 1.87. The lowest BCUT2D eigenvalue weighted by atomic mass is 9.80. The molecule has 0 saturated heterocycles. The molecule has 0 spiro atoms. The minimum absolute atomic E-state index is 0.123. The third-order valence-electron chi connectivity index (χ3n) is 7.60. The Morgan fingerprint density at radius 3 is 2.57 bits per heavy atom. The fourth-order valence-electron chi connectivity index (χ4n) is 5.57. The van der Waals surface area contributed by atoms with E-state index in [1.165, 1.54) is 5.57 Å². The van der Waals surface area contributed by atoms with Crippen LogP contribution in [0, 0.1) is 0 Å². The molecule has 2 heterocycles. The quantitative estimate of drug-likeness (QED) is 0.314. The second-order valence-corrected chi connectivity index (χ2v) is 14.2. The molecule has 224 valence electrons. The van der Waals surface area contributed by atoms with Gasteiger partial charge in [-0.15, -0.1) is 10.2 Å². The monoisotopic (exact) mass is 592 g/mol. The lowest BCUT2D eigenvalue weighted by Gasteiger charge is -2.35. The number of allylic oxidation sites excluding steroid dienone is 1. The molecule has 1 aromatic carbocycles. The lowest BCUT2D eigenvalue weighted by Crippen LogP contribution is -2.44. The summed E-state index contributed by atoms with van der Waals surface area (Å²) in [6.07, 6.45) is 10.5. The minimum atomic E-state index is -3.47. The highest BCUT2D eigenvalue weighted by Crippen LogP contribution is 2.35. The van der Waals surface area contributed by atoms with Crippen LogP contribution in [-0.2, 0) is 15.4 Å². The van der Waals surface area contributed by atoms with E-state index in [4.69, 9.17) is 4.74 Å². The van der Waals surface area contributed by atoms with Gasteiger partial charge in [0.25, 0.3) is 0 Å². The highest BCUT2D eigenvalue weighted by molar-refractivity contribution is 7.92. The van der Waals surface area contributed by atoms with Crippen molar-refractivity contribution in [1.29, 1.82) is 0 Å². The molecule has 0 fully saturated rings. The van der Waals surface area contributed by atoms with Crippen LogP contribution < -0.4 is 20.1 Å². The van der Waals surface area contributed by atoms with Crippen molar-refractivity contribution in [1.82, 2.24) is 19.9 Å². The van der Waals surface area contributed by atoms with Gasteiger partial charge < -0.3 is 15.4 Å². The van der Waals surface area contributed by atoms with Gasteiger partial charge in [-0.05, 0) is 78.1 Å². The van der Waals surface area contributed by atoms with Gasteiger partial charge in [0.2, 0.25) is 10.0 Å². The van der Waals surface area contributed by atoms with Crippen LogP contribution in [0.1, 0.15) is 77.6 Å². The summed E-state index contributed by atoms with van der Waals surface area (Å²) in [7, 11) is -3.47. The summed E-state index contributed by atoms with van der Waals surface area (Å²) in [4.78, 5) is 13.2. The van der Waals surface area contributed by atoms with E-state index < -0.39 is 10.0 Å². The zero-order chi connectivity index (χ0) is 30.2. The summed E-state index contributed by atoms with van der Waals surface area (Å²) in [6.45, 7) is 10.3. The average molecular weight is 593 g/mol. The molecule has 0 bridgehead atoms. The fraction of sp³-hybridized carbons (Fsp3) is 0.452. The van der Waals surface area contributed by atoms with Gasteiger partial charge in [0.05, 0.1) is 24.2 Å². The van der Waals surface area contributed by atoms with Gasteiger partial charge >= 0.3 is 6.03 Å². The van der Waals surface area contributed by atoms with Gasteiger partial charge in [0.15, 0.2) is 5.65 Å². The van der Waals surface area contributed by atoms with Crippen LogP contribution >= 0.6 is 0 Å². The van der Waals surface area contributed by atoms with Crippen LogP contribution in [0.5, 0.6) is 5.75 Å². The number of rotatable bonds is 7. The maximum Gasteiger partial charge on any atom is 0.319 e. The molecule has 5 rings (SSSR count). The molecule has 0 saturated carbocycles. The number of carbonyl (C=O) groups is 1. The van der Waals surface area contributed by atoms with E-state index >= 15 is 0 Å². The van der Waals surface area contributed by atoms with Gasteiger partial charge in [-0.1, -0.05) is 46.8 Å². The van der Waals surface area contributed by atoms with Gasteiger partial charge in [-0.3, -0.25) is 9.12 Å². The summed E-state index contributed by atoms with van der Waals surface area (Å²) >= 11 is 0. The maximum atomic E-state index is 13.2. The number of sulfonamides is 1. The molecule has 3 aromatic rings. The Balaban J connectivity index is 1.33. The predicted molar refractivity (Wildman–Crippen MR) is 166 cm³/mol. The zero-order valence-corrected chi connectivity index (χ0v) is 25.9. The lowest BCUT2D eigenvalue weighted by molar-refractivity contribution is 0.205. The number of nitrogens with zero attached hydrogens (tertiary/aromatic N) is 3. The molecule has 3 N–H and O–H groups in total. The van der Waals surface area contributed by atoms with E-state index in [-0.39, 0.29) is 29.5 Å². The molecule has 10 nitrogen and oxygen atoms in total.